The Labute approximate surface area is 221 Å². The van der Waals surface area contributed by atoms with Crippen LogP contribution in [0.3, 0.4) is 0 Å². The maximum absolute atomic E-state index is 13.5. The number of nitrogens with two attached hydrogens (primary N) is 1. The zero-order chi connectivity index (χ0) is 27.1. The fourth-order valence-corrected chi connectivity index (χ4v) is 5.73. The quantitative estimate of drug-likeness (QED) is 0.406. The molecule has 2 saturated carbocycles. The maximum atomic E-state index is 13.5. The van der Waals surface area contributed by atoms with Crippen LogP contribution in [-0.2, 0) is 22.9 Å². The van der Waals surface area contributed by atoms with Gasteiger partial charge in [0.05, 0.1) is 5.56 Å². The third kappa shape index (κ3) is 4.23. The number of nitrogens with one attached hydrogen (secondary N) is 1. The molecule has 3 heterocycles. The van der Waals surface area contributed by atoms with Gasteiger partial charge in [0, 0.05) is 53.1 Å². The molecule has 2 aromatic carbocycles. The van der Waals surface area contributed by atoms with Crippen molar-refractivity contribution in [1.82, 2.24) is 4.98 Å². The number of alkyl halides is 3. The molecular weight excluding hydrogens is 511 g/mol. The standard InChI is InChI=1S/C29H24F3N3O4/c30-29(31,32)16-10-14(9-15(11-16)28(33)6-7-28)21(36)13-20-25-19-12-17(1-3-22(19)39-26(20)25)38-23-5-8-34-27-18(23)2-4-24(37)35-27/h1,3,5,8-12,20,25-26H,2,4,6-7,13,33H2,(H,34,35,37)/t20-,25-,26+/m0/s1. The number of carbonyl (C=O) groups is 2. The summed E-state index contributed by atoms with van der Waals surface area (Å²) in [4.78, 5) is 29.1. The monoisotopic (exact) mass is 535 g/mol. The largest absolute Gasteiger partial charge is 0.489 e. The van der Waals surface area contributed by atoms with E-state index in [-0.39, 0.29) is 41.6 Å². The topological polar surface area (TPSA) is 104 Å². The SMILES string of the molecule is NC1(c2cc(C(=O)C[C@@H]3[C@H]4Oc5ccc(Oc6ccnc7c6CCC(=O)N7)cc5[C@@H]34)cc(C(F)(F)F)c2)CC1. The highest BCUT2D eigenvalue weighted by Crippen LogP contribution is 2.60. The first-order chi connectivity index (χ1) is 18.6. The van der Waals surface area contributed by atoms with E-state index < -0.39 is 17.3 Å². The number of carbonyl (C=O) groups excluding carboxylic acids is 2. The highest BCUT2D eigenvalue weighted by molar-refractivity contribution is 5.97. The summed E-state index contributed by atoms with van der Waals surface area (Å²) in [7, 11) is 0. The van der Waals surface area contributed by atoms with Crippen LogP contribution >= 0.6 is 0 Å². The molecule has 200 valence electrons. The Morgan fingerprint density at radius 1 is 1.15 bits per heavy atom. The molecule has 0 radical (unpaired) electrons. The van der Waals surface area contributed by atoms with Crippen molar-refractivity contribution in [3.8, 4) is 17.2 Å². The molecule has 0 spiro atoms. The Bertz CT molecular complexity index is 1530. The van der Waals surface area contributed by atoms with Gasteiger partial charge in [0.25, 0.3) is 0 Å². The Hall–Kier alpha value is -3.92. The molecular formula is C29H24F3N3O4. The first kappa shape index (κ1) is 24.1. The number of benzene rings is 2. The van der Waals surface area contributed by atoms with Gasteiger partial charge >= 0.3 is 6.18 Å². The lowest BCUT2D eigenvalue weighted by atomic mass is 9.94. The zero-order valence-electron chi connectivity index (χ0n) is 20.7. The smallest absolute Gasteiger partial charge is 0.416 e. The van der Waals surface area contributed by atoms with Crippen molar-refractivity contribution in [3.05, 3.63) is 76.5 Å². The number of hydrogen-bond acceptors (Lipinski definition) is 6. The van der Waals surface area contributed by atoms with Crippen molar-refractivity contribution in [2.75, 3.05) is 5.32 Å². The minimum absolute atomic E-state index is 0.0345. The molecule has 4 aliphatic rings. The normalized spacial score (nSPS) is 23.6. The molecule has 0 saturated heterocycles. The van der Waals surface area contributed by atoms with Gasteiger partial charge < -0.3 is 20.5 Å². The van der Waals surface area contributed by atoms with Crippen LogP contribution in [0.1, 0.15) is 64.2 Å². The van der Waals surface area contributed by atoms with Gasteiger partial charge in [0.15, 0.2) is 5.78 Å². The van der Waals surface area contributed by atoms with E-state index in [9.17, 15) is 22.8 Å². The second-order valence-corrected chi connectivity index (χ2v) is 10.8. The minimum atomic E-state index is -4.56. The molecule has 3 atom stereocenters. The Morgan fingerprint density at radius 2 is 1.97 bits per heavy atom. The molecule has 3 N–H and O–H groups in total. The molecule has 2 aliphatic carbocycles. The Balaban J connectivity index is 1.09. The fraction of sp³-hybridized carbons (Fsp3) is 0.345. The Kier molecular flexibility index (Phi) is 5.13. The van der Waals surface area contributed by atoms with Crippen LogP contribution in [0.25, 0.3) is 0 Å². The van der Waals surface area contributed by atoms with Crippen molar-refractivity contribution >= 4 is 17.5 Å². The van der Waals surface area contributed by atoms with E-state index in [1.54, 1.807) is 18.3 Å². The molecule has 1 aromatic heterocycles. The van der Waals surface area contributed by atoms with Gasteiger partial charge in [0.2, 0.25) is 5.91 Å². The number of ether oxygens (including phenoxy) is 2. The summed E-state index contributed by atoms with van der Waals surface area (Å²) in [5, 5.41) is 2.75. The van der Waals surface area contributed by atoms with E-state index in [0.29, 0.717) is 54.3 Å². The Morgan fingerprint density at radius 3 is 2.74 bits per heavy atom. The van der Waals surface area contributed by atoms with Crippen molar-refractivity contribution in [2.45, 2.75) is 55.8 Å². The van der Waals surface area contributed by atoms with E-state index in [1.807, 2.05) is 12.1 Å². The van der Waals surface area contributed by atoms with Gasteiger partial charge in [0.1, 0.15) is 29.2 Å². The number of aromatic nitrogens is 1. The highest BCUT2D eigenvalue weighted by atomic mass is 19.4. The third-order valence-corrected chi connectivity index (χ3v) is 8.17. The van der Waals surface area contributed by atoms with E-state index in [0.717, 1.165) is 23.3 Å². The molecule has 3 aromatic rings. The first-order valence-corrected chi connectivity index (χ1v) is 12.9. The van der Waals surface area contributed by atoms with Crippen LogP contribution in [0.15, 0.2) is 48.7 Å². The van der Waals surface area contributed by atoms with Gasteiger partial charge in [-0.3, -0.25) is 9.59 Å². The van der Waals surface area contributed by atoms with Gasteiger partial charge in [-0.2, -0.15) is 13.2 Å². The number of nitrogens with zero attached hydrogens (tertiary/aromatic N) is 1. The van der Waals surface area contributed by atoms with Crippen LogP contribution in [0.5, 0.6) is 17.2 Å². The lowest BCUT2D eigenvalue weighted by molar-refractivity contribution is -0.137. The molecule has 7 nitrogen and oxygen atoms in total. The molecule has 0 bridgehead atoms. The molecule has 1 amide bonds. The average Bonchev–Trinajstić information content (AvgIpc) is 3.77. The van der Waals surface area contributed by atoms with Gasteiger partial charge in [-0.05, 0) is 67.3 Å². The predicted octanol–water partition coefficient (Wildman–Crippen LogP) is 5.47. The van der Waals surface area contributed by atoms with Crippen molar-refractivity contribution in [3.63, 3.8) is 0 Å². The van der Waals surface area contributed by atoms with E-state index >= 15 is 0 Å². The van der Waals surface area contributed by atoms with E-state index in [1.165, 1.54) is 6.07 Å². The number of fused-ring (bicyclic) bond motifs is 4. The molecule has 7 rings (SSSR count). The number of halogens is 3. The van der Waals surface area contributed by atoms with Gasteiger partial charge in [-0.25, -0.2) is 4.98 Å². The number of ketones is 1. The van der Waals surface area contributed by atoms with Crippen LogP contribution in [0, 0.1) is 5.92 Å². The summed E-state index contributed by atoms with van der Waals surface area (Å²) in [6, 6.07) is 10.7. The van der Waals surface area contributed by atoms with Crippen LogP contribution in [0.4, 0.5) is 19.0 Å². The molecule has 0 unspecified atom stereocenters. The molecule has 39 heavy (non-hydrogen) atoms. The zero-order valence-corrected chi connectivity index (χ0v) is 20.7. The summed E-state index contributed by atoms with van der Waals surface area (Å²) in [6.45, 7) is 0. The molecule has 2 aliphatic heterocycles. The number of anilines is 1. The third-order valence-electron chi connectivity index (χ3n) is 8.17. The summed E-state index contributed by atoms with van der Waals surface area (Å²) in [6.07, 6.45) is -1.04. The van der Waals surface area contributed by atoms with E-state index in [2.05, 4.69) is 10.3 Å². The molecule has 10 heteroatoms. The minimum Gasteiger partial charge on any atom is -0.489 e. The highest BCUT2D eigenvalue weighted by Gasteiger charge is 2.59. The lowest BCUT2D eigenvalue weighted by Gasteiger charge is -2.19. The summed E-state index contributed by atoms with van der Waals surface area (Å²) in [5.41, 5.74) is 6.67. The summed E-state index contributed by atoms with van der Waals surface area (Å²) >= 11 is 0. The number of amides is 1. The van der Waals surface area contributed by atoms with Crippen molar-refractivity contribution in [2.24, 2.45) is 11.7 Å². The second-order valence-electron chi connectivity index (χ2n) is 10.8. The summed E-state index contributed by atoms with van der Waals surface area (Å²) < 4.78 is 52.8. The second kappa shape index (κ2) is 8.29. The number of Topliss-reactive ketones (excluding diaryl/α,β-unsaturated/α-hetero) is 1. The predicted molar refractivity (Wildman–Crippen MR) is 134 cm³/mol. The lowest BCUT2D eigenvalue weighted by Crippen LogP contribution is -2.21. The number of pyridine rings is 1. The van der Waals surface area contributed by atoms with Gasteiger partial charge in [-0.1, -0.05) is 0 Å². The van der Waals surface area contributed by atoms with Crippen molar-refractivity contribution < 1.29 is 32.2 Å². The summed E-state index contributed by atoms with van der Waals surface area (Å²) in [5.74, 6) is 1.79. The van der Waals surface area contributed by atoms with E-state index in [4.69, 9.17) is 15.2 Å². The maximum Gasteiger partial charge on any atom is 0.416 e. The average molecular weight is 536 g/mol. The van der Waals surface area contributed by atoms with Crippen molar-refractivity contribution in [1.29, 1.82) is 0 Å². The van der Waals surface area contributed by atoms with Crippen LogP contribution < -0.4 is 20.5 Å². The van der Waals surface area contributed by atoms with Crippen LogP contribution in [-0.4, -0.2) is 22.8 Å². The first-order valence-electron chi connectivity index (χ1n) is 12.9. The molecule has 2 fully saturated rings. The van der Waals surface area contributed by atoms with Gasteiger partial charge in [-0.15, -0.1) is 0 Å². The van der Waals surface area contributed by atoms with Crippen LogP contribution in [0.2, 0.25) is 0 Å². The fourth-order valence-electron chi connectivity index (χ4n) is 5.73. The number of hydrogen-bond donors (Lipinski definition) is 2. The number of rotatable bonds is 6.